The fourth-order valence-electron chi connectivity index (χ4n) is 1.21. The maximum atomic E-state index is 10.2. The molecule has 0 aliphatic heterocycles. The van der Waals surface area contributed by atoms with E-state index in [-0.39, 0.29) is 13.0 Å². The van der Waals surface area contributed by atoms with E-state index in [0.29, 0.717) is 52.8 Å². The average molecular weight is 432 g/mol. The Labute approximate surface area is 141 Å². The molecule has 0 unspecified atom stereocenters. The number of carboxylic acid groups (broad SMARTS) is 1. The van der Waals surface area contributed by atoms with Crippen LogP contribution < -0.4 is 0 Å². The van der Waals surface area contributed by atoms with E-state index in [1.54, 1.807) is 6.21 Å². The molecular weight excluding hydrogens is 407 g/mol. The fraction of sp³-hybridized carbons (Fsp3) is 0.846. The highest BCUT2D eigenvalue weighted by Crippen LogP contribution is 1.88. The molecule has 130 valence electrons. The van der Waals surface area contributed by atoms with Crippen LogP contribution in [0, 0.1) is 3.56 Å². The lowest BCUT2D eigenvalue weighted by atomic mass is 10.5. The van der Waals surface area contributed by atoms with E-state index in [1.165, 1.54) is 0 Å². The Morgan fingerprint density at radius 1 is 0.955 bits per heavy atom. The first-order valence-corrected chi connectivity index (χ1v) is 9.63. The molecule has 9 heteroatoms. The summed E-state index contributed by atoms with van der Waals surface area (Å²) in [6, 6.07) is 0. The van der Waals surface area contributed by atoms with Crippen LogP contribution >= 0.6 is 21.0 Å². The molecule has 0 rings (SSSR count). The van der Waals surface area contributed by atoms with E-state index in [9.17, 15) is 4.79 Å². The molecule has 0 radical (unpaired) electrons. The number of ether oxygens (including phenoxy) is 4. The van der Waals surface area contributed by atoms with Crippen LogP contribution in [0.3, 0.4) is 0 Å². The lowest BCUT2D eigenvalue weighted by Crippen LogP contribution is -2.13. The summed E-state index contributed by atoms with van der Waals surface area (Å²) in [5.41, 5.74) is 0. The molecule has 0 amide bonds. The van der Waals surface area contributed by atoms with Crippen molar-refractivity contribution in [3.63, 3.8) is 0 Å². The van der Waals surface area contributed by atoms with Gasteiger partial charge in [0.05, 0.1) is 65.8 Å². The fourth-order valence-corrected chi connectivity index (χ4v) is 1.69. The van der Waals surface area contributed by atoms with Crippen molar-refractivity contribution in [2.24, 2.45) is 4.99 Å². The van der Waals surface area contributed by atoms with Crippen molar-refractivity contribution in [1.82, 2.24) is 0 Å². The van der Waals surface area contributed by atoms with Gasteiger partial charge in [-0.1, -0.05) is 0 Å². The number of nitrogens with zero attached hydrogens (tertiary/aromatic N) is 1. The van der Waals surface area contributed by atoms with E-state index < -0.39 is 27.0 Å². The van der Waals surface area contributed by atoms with Crippen LogP contribution in [0.2, 0.25) is 0 Å². The third-order valence-electron chi connectivity index (χ3n) is 2.22. The number of hydrogen-bond acceptors (Lipinski definition) is 7. The Kier molecular flexibility index (Phi) is 18.1. The van der Waals surface area contributed by atoms with Gasteiger partial charge in [0.1, 0.15) is 0 Å². The molecule has 0 saturated carbocycles. The molecule has 0 spiro atoms. The summed E-state index contributed by atoms with van der Waals surface area (Å²) in [6.07, 6.45) is 1.81. The van der Waals surface area contributed by atoms with Gasteiger partial charge in [-0.05, 0) is 21.0 Å². The Balaban J connectivity index is 3.02. The van der Waals surface area contributed by atoms with Gasteiger partial charge >= 0.3 is 5.97 Å². The molecule has 0 aliphatic rings. The number of hydrogen-bond donors (Lipinski definition) is 2. The highest BCUT2D eigenvalue weighted by atomic mass is 127. The predicted octanol–water partition coefficient (Wildman–Crippen LogP) is 1.33. The Morgan fingerprint density at radius 2 is 1.45 bits per heavy atom. The monoisotopic (exact) mass is 432 g/mol. The molecule has 0 aromatic heterocycles. The molecular formula is C13H25IN2O6. The maximum absolute atomic E-state index is 10.2. The van der Waals surface area contributed by atoms with Crippen LogP contribution in [0.15, 0.2) is 4.99 Å². The third kappa shape index (κ3) is 19.5. The van der Waals surface area contributed by atoms with Crippen molar-refractivity contribution in [2.45, 2.75) is 6.42 Å². The van der Waals surface area contributed by atoms with Gasteiger partial charge in [-0.15, -0.1) is 0 Å². The van der Waals surface area contributed by atoms with Crippen molar-refractivity contribution in [2.75, 3.05) is 63.8 Å². The SMILES string of the molecule is N=ICC=NCCOCCOCCOCCOCCC(=O)O. The van der Waals surface area contributed by atoms with Crippen LogP contribution in [-0.2, 0) is 23.7 Å². The van der Waals surface area contributed by atoms with Crippen molar-refractivity contribution < 1.29 is 28.8 Å². The highest BCUT2D eigenvalue weighted by Gasteiger charge is 1.96. The van der Waals surface area contributed by atoms with Gasteiger partial charge in [-0.25, -0.2) is 0 Å². The molecule has 2 N–H and O–H groups in total. The summed E-state index contributed by atoms with van der Waals surface area (Å²) < 4.78 is 28.8. The molecule has 0 fully saturated rings. The van der Waals surface area contributed by atoms with Gasteiger partial charge in [-0.3, -0.25) is 13.3 Å². The van der Waals surface area contributed by atoms with Crippen molar-refractivity contribution in [1.29, 1.82) is 3.56 Å². The van der Waals surface area contributed by atoms with Crippen molar-refractivity contribution >= 4 is 33.2 Å². The number of halogens is 1. The van der Waals surface area contributed by atoms with Gasteiger partial charge < -0.3 is 24.1 Å². The minimum Gasteiger partial charge on any atom is -0.481 e. The Bertz CT molecular complexity index is 304. The smallest absolute Gasteiger partial charge is 0.305 e. The lowest BCUT2D eigenvalue weighted by molar-refractivity contribution is -0.138. The maximum Gasteiger partial charge on any atom is 0.305 e. The zero-order chi connectivity index (χ0) is 16.3. The van der Waals surface area contributed by atoms with Gasteiger partial charge in [0, 0.05) is 10.6 Å². The van der Waals surface area contributed by atoms with Crippen LogP contribution in [0.1, 0.15) is 6.42 Å². The first-order valence-electron chi connectivity index (χ1n) is 7.03. The highest BCUT2D eigenvalue weighted by molar-refractivity contribution is 14.1. The molecule has 0 aromatic rings. The summed E-state index contributed by atoms with van der Waals surface area (Å²) in [4.78, 5) is 14.3. The second-order valence-corrected chi connectivity index (χ2v) is 5.61. The molecule has 0 atom stereocenters. The Morgan fingerprint density at radius 3 is 1.95 bits per heavy atom. The number of aliphatic imine (C=N–C) groups is 1. The van der Waals surface area contributed by atoms with Gasteiger partial charge in [0.15, 0.2) is 0 Å². The minimum atomic E-state index is -0.863. The first-order chi connectivity index (χ1) is 10.8. The normalized spacial score (nSPS) is 11.3. The van der Waals surface area contributed by atoms with Gasteiger partial charge in [0.2, 0.25) is 0 Å². The topological polar surface area (TPSA) is 110 Å². The van der Waals surface area contributed by atoms with Gasteiger partial charge in [0.25, 0.3) is 0 Å². The van der Waals surface area contributed by atoms with E-state index in [2.05, 4.69) is 4.99 Å². The van der Waals surface area contributed by atoms with Crippen LogP contribution in [0.4, 0.5) is 0 Å². The largest absolute Gasteiger partial charge is 0.481 e. The second-order valence-electron chi connectivity index (χ2n) is 3.97. The molecule has 0 aliphatic carbocycles. The summed E-state index contributed by atoms with van der Waals surface area (Å²) in [6.45, 7) is 4.24. The van der Waals surface area contributed by atoms with E-state index in [4.69, 9.17) is 27.6 Å². The summed E-state index contributed by atoms with van der Waals surface area (Å²) >= 11 is -0.444. The standard InChI is InChI=1S/C13H25IN2O6/c15-14-2-3-16-4-6-20-8-10-22-12-11-21-9-7-19-5-1-13(17)18/h3,15H,1-2,4-12H2,(H,17,18). The number of carbonyl (C=O) groups is 1. The van der Waals surface area contributed by atoms with Crippen LogP contribution in [0.5, 0.6) is 0 Å². The number of rotatable bonds is 17. The molecule has 22 heavy (non-hydrogen) atoms. The molecule has 0 heterocycles. The molecule has 0 saturated heterocycles. The zero-order valence-electron chi connectivity index (χ0n) is 12.7. The third-order valence-corrected chi connectivity index (χ3v) is 3.05. The average Bonchev–Trinajstić information content (AvgIpc) is 2.50. The summed E-state index contributed by atoms with van der Waals surface area (Å²) in [5.74, 6) is -0.863. The van der Waals surface area contributed by atoms with E-state index >= 15 is 0 Å². The Hall–Kier alpha value is -0.490. The predicted molar refractivity (Wildman–Crippen MR) is 90.5 cm³/mol. The number of alkyl halides is 1. The quantitative estimate of drug-likeness (QED) is 0.155. The molecule has 0 bridgehead atoms. The summed E-state index contributed by atoms with van der Waals surface area (Å²) in [7, 11) is 0. The number of aliphatic carboxylic acids is 1. The van der Waals surface area contributed by atoms with Crippen molar-refractivity contribution in [3.8, 4) is 0 Å². The number of nitrogens with one attached hydrogen (secondary N) is 1. The summed E-state index contributed by atoms with van der Waals surface area (Å²) in [5, 5.41) is 8.39. The lowest BCUT2D eigenvalue weighted by Gasteiger charge is -2.06. The number of carboxylic acids is 1. The van der Waals surface area contributed by atoms with E-state index in [1.807, 2.05) is 0 Å². The molecule has 8 nitrogen and oxygen atoms in total. The van der Waals surface area contributed by atoms with Crippen LogP contribution in [-0.4, -0.2) is 81.1 Å². The van der Waals surface area contributed by atoms with Gasteiger partial charge in [-0.2, -0.15) is 0 Å². The molecule has 0 aromatic carbocycles. The van der Waals surface area contributed by atoms with Crippen molar-refractivity contribution in [3.05, 3.63) is 0 Å². The van der Waals surface area contributed by atoms with Crippen LogP contribution in [0.25, 0.3) is 0 Å². The minimum absolute atomic E-state index is 0.0139. The second kappa shape index (κ2) is 18.6. The first kappa shape index (κ1) is 21.5. The van der Waals surface area contributed by atoms with E-state index in [0.717, 1.165) is 4.43 Å². The zero-order valence-corrected chi connectivity index (χ0v) is 14.8.